The summed E-state index contributed by atoms with van der Waals surface area (Å²) in [6.07, 6.45) is -0.693. The van der Waals surface area contributed by atoms with E-state index in [9.17, 15) is 4.79 Å². The summed E-state index contributed by atoms with van der Waals surface area (Å²) in [5.74, 6) is 0.119. The average molecular weight is 342 g/mol. The van der Waals surface area contributed by atoms with Crippen molar-refractivity contribution in [2.45, 2.75) is 32.4 Å². The number of rotatable bonds is 5. The van der Waals surface area contributed by atoms with Gasteiger partial charge in [0.15, 0.2) is 6.10 Å². The number of ether oxygens (including phenoxy) is 1. The van der Waals surface area contributed by atoms with E-state index < -0.39 is 11.6 Å². The molecule has 0 heterocycles. The summed E-state index contributed by atoms with van der Waals surface area (Å²) < 4.78 is 5.51. The second-order valence-corrected chi connectivity index (χ2v) is 5.67. The third-order valence-electron chi connectivity index (χ3n) is 2.56. The van der Waals surface area contributed by atoms with Crippen LogP contribution in [0.15, 0.2) is 18.2 Å². The van der Waals surface area contributed by atoms with Gasteiger partial charge in [-0.1, -0.05) is 29.3 Å². The van der Waals surface area contributed by atoms with Crippen molar-refractivity contribution in [2.24, 2.45) is 5.73 Å². The number of carbonyl (C=O) groups excluding carboxylic acids is 1. The second kappa shape index (κ2) is 7.93. The van der Waals surface area contributed by atoms with Gasteiger partial charge in [-0.2, -0.15) is 0 Å². The van der Waals surface area contributed by atoms with E-state index in [1.165, 1.54) is 0 Å². The minimum Gasteiger partial charge on any atom is -0.479 e. The highest BCUT2D eigenvalue weighted by Gasteiger charge is 2.23. The molecule has 0 aliphatic carbocycles. The number of amides is 1. The number of hydrogen-bond donors (Lipinski definition) is 2. The highest BCUT2D eigenvalue weighted by Crippen LogP contribution is 2.32. The summed E-state index contributed by atoms with van der Waals surface area (Å²) in [4.78, 5) is 12.0. The van der Waals surface area contributed by atoms with E-state index in [-0.39, 0.29) is 18.3 Å². The van der Waals surface area contributed by atoms with Gasteiger partial charge in [0.2, 0.25) is 0 Å². The van der Waals surface area contributed by atoms with Crippen LogP contribution in [0, 0.1) is 0 Å². The summed E-state index contributed by atoms with van der Waals surface area (Å²) in [6.45, 7) is 5.65. The van der Waals surface area contributed by atoms with Crippen LogP contribution in [-0.4, -0.2) is 24.1 Å². The van der Waals surface area contributed by atoms with Gasteiger partial charge in [-0.15, -0.1) is 12.4 Å². The van der Waals surface area contributed by atoms with Crippen molar-refractivity contribution in [3.63, 3.8) is 0 Å². The lowest BCUT2D eigenvalue weighted by Crippen LogP contribution is -2.52. The number of benzene rings is 1. The average Bonchev–Trinajstić information content (AvgIpc) is 2.34. The normalized spacial score (nSPS) is 12.3. The van der Waals surface area contributed by atoms with E-state index in [0.717, 1.165) is 0 Å². The zero-order valence-electron chi connectivity index (χ0n) is 11.6. The first-order valence-electron chi connectivity index (χ1n) is 5.89. The Morgan fingerprint density at radius 3 is 2.60 bits per heavy atom. The largest absolute Gasteiger partial charge is 0.479 e. The Balaban J connectivity index is 0.00000361. The standard InChI is InChI=1S/C13H18Cl2N2O2.ClH/c1-8(12(18)17-13(2,3)7-16)19-10-6-4-5-9(14)11(10)15;/h4-6,8H,7,16H2,1-3H3,(H,17,18);1H. The molecule has 20 heavy (non-hydrogen) atoms. The lowest BCUT2D eigenvalue weighted by Gasteiger charge is -2.26. The molecule has 114 valence electrons. The fourth-order valence-corrected chi connectivity index (χ4v) is 1.64. The predicted molar refractivity (Wildman–Crippen MR) is 85.1 cm³/mol. The molecule has 1 rings (SSSR count). The van der Waals surface area contributed by atoms with Crippen molar-refractivity contribution in [2.75, 3.05) is 6.54 Å². The lowest BCUT2D eigenvalue weighted by atomic mass is 10.1. The predicted octanol–water partition coefficient (Wildman–Crippen LogP) is 3.04. The molecule has 0 spiro atoms. The highest BCUT2D eigenvalue weighted by atomic mass is 35.5. The molecule has 0 saturated carbocycles. The summed E-state index contributed by atoms with van der Waals surface area (Å²) in [5, 5.41) is 3.47. The van der Waals surface area contributed by atoms with Crippen molar-refractivity contribution in [3.8, 4) is 5.75 Å². The van der Waals surface area contributed by atoms with Gasteiger partial charge in [-0.3, -0.25) is 4.79 Å². The van der Waals surface area contributed by atoms with Crippen LogP contribution in [0.5, 0.6) is 5.75 Å². The van der Waals surface area contributed by atoms with Crippen molar-refractivity contribution < 1.29 is 9.53 Å². The number of nitrogens with two attached hydrogens (primary N) is 1. The molecule has 1 aromatic rings. The zero-order chi connectivity index (χ0) is 14.6. The Morgan fingerprint density at radius 1 is 1.45 bits per heavy atom. The van der Waals surface area contributed by atoms with Crippen LogP contribution in [0.25, 0.3) is 0 Å². The topological polar surface area (TPSA) is 64.3 Å². The van der Waals surface area contributed by atoms with Crippen molar-refractivity contribution >= 4 is 41.5 Å². The number of nitrogens with one attached hydrogen (secondary N) is 1. The molecule has 4 nitrogen and oxygen atoms in total. The van der Waals surface area contributed by atoms with Crippen LogP contribution in [0.2, 0.25) is 10.0 Å². The molecular weight excluding hydrogens is 323 g/mol. The minimum atomic E-state index is -0.693. The van der Waals surface area contributed by atoms with Crippen LogP contribution in [-0.2, 0) is 4.79 Å². The third-order valence-corrected chi connectivity index (χ3v) is 3.36. The molecule has 0 saturated heterocycles. The first kappa shape index (κ1) is 19.3. The molecule has 0 aromatic heterocycles. The fraction of sp³-hybridized carbons (Fsp3) is 0.462. The van der Waals surface area contributed by atoms with Crippen LogP contribution in [0.1, 0.15) is 20.8 Å². The van der Waals surface area contributed by atoms with Gasteiger partial charge in [0, 0.05) is 12.1 Å². The molecule has 0 radical (unpaired) electrons. The van der Waals surface area contributed by atoms with Crippen molar-refractivity contribution in [1.29, 1.82) is 0 Å². The van der Waals surface area contributed by atoms with E-state index in [0.29, 0.717) is 22.3 Å². The molecule has 1 atom stereocenters. The smallest absolute Gasteiger partial charge is 0.261 e. The molecule has 0 bridgehead atoms. The molecule has 0 aliphatic rings. The Bertz CT molecular complexity index is 467. The minimum absolute atomic E-state index is 0. The first-order chi connectivity index (χ1) is 8.76. The molecule has 0 aliphatic heterocycles. The molecule has 7 heteroatoms. The van der Waals surface area contributed by atoms with Gasteiger partial charge in [0.05, 0.1) is 5.02 Å². The molecule has 0 fully saturated rings. The van der Waals surface area contributed by atoms with Crippen LogP contribution in [0.4, 0.5) is 0 Å². The summed E-state index contributed by atoms with van der Waals surface area (Å²) in [5.41, 5.74) is 5.08. The second-order valence-electron chi connectivity index (χ2n) is 4.89. The molecule has 3 N–H and O–H groups in total. The first-order valence-corrected chi connectivity index (χ1v) is 6.65. The molecule has 1 unspecified atom stereocenters. The molecule has 1 aromatic carbocycles. The van der Waals surface area contributed by atoms with Gasteiger partial charge in [0.1, 0.15) is 10.8 Å². The van der Waals surface area contributed by atoms with E-state index in [1.807, 2.05) is 13.8 Å². The fourth-order valence-electron chi connectivity index (χ4n) is 1.31. The van der Waals surface area contributed by atoms with Crippen molar-refractivity contribution in [1.82, 2.24) is 5.32 Å². The summed E-state index contributed by atoms with van der Waals surface area (Å²) in [6, 6.07) is 5.02. The Labute approximate surface area is 135 Å². The number of carbonyl (C=O) groups is 1. The van der Waals surface area contributed by atoms with Gasteiger partial charge in [-0.05, 0) is 32.9 Å². The van der Waals surface area contributed by atoms with E-state index in [1.54, 1.807) is 25.1 Å². The molecule has 1 amide bonds. The summed E-state index contributed by atoms with van der Waals surface area (Å²) in [7, 11) is 0. The monoisotopic (exact) mass is 340 g/mol. The highest BCUT2D eigenvalue weighted by molar-refractivity contribution is 6.42. The van der Waals surface area contributed by atoms with Crippen LogP contribution >= 0.6 is 35.6 Å². The maximum Gasteiger partial charge on any atom is 0.261 e. The number of hydrogen-bond acceptors (Lipinski definition) is 3. The number of halogens is 3. The lowest BCUT2D eigenvalue weighted by molar-refractivity contribution is -0.128. The van der Waals surface area contributed by atoms with Crippen LogP contribution < -0.4 is 15.8 Å². The quantitative estimate of drug-likeness (QED) is 0.865. The van der Waals surface area contributed by atoms with Gasteiger partial charge >= 0.3 is 0 Å². The maximum atomic E-state index is 12.0. The zero-order valence-corrected chi connectivity index (χ0v) is 13.9. The Hall–Kier alpha value is -0.680. The van der Waals surface area contributed by atoms with Gasteiger partial charge < -0.3 is 15.8 Å². The SMILES string of the molecule is CC(Oc1cccc(Cl)c1Cl)C(=O)NC(C)(C)CN.Cl. The molecular formula is C13H19Cl3N2O2. The third kappa shape index (κ3) is 5.37. The maximum absolute atomic E-state index is 12.0. The Morgan fingerprint density at radius 2 is 2.05 bits per heavy atom. The van der Waals surface area contributed by atoms with Crippen molar-refractivity contribution in [3.05, 3.63) is 28.2 Å². The van der Waals surface area contributed by atoms with Crippen LogP contribution in [0.3, 0.4) is 0 Å². The van der Waals surface area contributed by atoms with Gasteiger partial charge in [-0.25, -0.2) is 0 Å². The summed E-state index contributed by atoms with van der Waals surface area (Å²) >= 11 is 11.9. The van der Waals surface area contributed by atoms with E-state index >= 15 is 0 Å². The van der Waals surface area contributed by atoms with E-state index in [4.69, 9.17) is 33.7 Å². The van der Waals surface area contributed by atoms with E-state index in [2.05, 4.69) is 5.32 Å². The van der Waals surface area contributed by atoms with Gasteiger partial charge in [0.25, 0.3) is 5.91 Å². The Kier molecular flexibility index (Phi) is 7.66.